The quantitative estimate of drug-likeness (QED) is 0.608. The summed E-state index contributed by atoms with van der Waals surface area (Å²) in [4.78, 5) is 22.1. The van der Waals surface area contributed by atoms with Crippen LogP contribution in [0, 0.1) is 0 Å². The minimum absolute atomic E-state index is 0.0818. The summed E-state index contributed by atoms with van der Waals surface area (Å²) in [7, 11) is 1.34. The van der Waals surface area contributed by atoms with E-state index in [1.807, 2.05) is 0 Å². The van der Waals surface area contributed by atoms with Crippen molar-refractivity contribution in [1.82, 2.24) is 0 Å². The molecule has 3 N–H and O–H groups in total. The number of phenols is 1. The highest BCUT2D eigenvalue weighted by Crippen LogP contribution is 2.33. The molecule has 0 aliphatic carbocycles. The van der Waals surface area contributed by atoms with Crippen molar-refractivity contribution >= 4 is 12.1 Å². The number of carbonyl (C=O) groups excluding carboxylic acids is 2. The monoisotopic (exact) mass is 254 g/mol. The lowest BCUT2D eigenvalue weighted by Gasteiger charge is -2.13. The smallest absolute Gasteiger partial charge is 0.162 e. The van der Waals surface area contributed by atoms with Crippen LogP contribution in [0.5, 0.6) is 11.5 Å². The number of aldehydes is 1. The van der Waals surface area contributed by atoms with Crippen LogP contribution in [0.15, 0.2) is 6.07 Å². The highest BCUT2D eigenvalue weighted by Gasteiger charge is 2.18. The fourth-order valence-electron chi connectivity index (χ4n) is 1.64. The van der Waals surface area contributed by atoms with Crippen LogP contribution in [-0.4, -0.2) is 41.1 Å². The first-order chi connectivity index (χ1) is 8.58. The minimum atomic E-state index is -0.650. The second-order valence-electron chi connectivity index (χ2n) is 3.63. The molecule has 0 atom stereocenters. The molecule has 0 heterocycles. The maximum absolute atomic E-state index is 11.2. The SMILES string of the molecule is COc1cc(CC(=O)CO)c(C=O)c(O)c1CO. The van der Waals surface area contributed by atoms with E-state index in [2.05, 4.69) is 0 Å². The fraction of sp³-hybridized carbons (Fsp3) is 0.333. The van der Waals surface area contributed by atoms with Gasteiger partial charge in [0.05, 0.1) is 24.8 Å². The van der Waals surface area contributed by atoms with Gasteiger partial charge in [-0.25, -0.2) is 0 Å². The lowest BCUT2D eigenvalue weighted by Crippen LogP contribution is -2.10. The summed E-state index contributed by atoms with van der Waals surface area (Å²) in [6, 6.07) is 1.39. The zero-order valence-electron chi connectivity index (χ0n) is 9.84. The summed E-state index contributed by atoms with van der Waals surface area (Å²) in [5.41, 5.74) is 0.247. The molecular formula is C12H14O6. The number of Topliss-reactive ketones (excluding diaryl/α,β-unsaturated/α-hetero) is 1. The molecule has 1 aromatic carbocycles. The number of ketones is 1. The van der Waals surface area contributed by atoms with Gasteiger partial charge in [0.2, 0.25) is 0 Å². The van der Waals surface area contributed by atoms with Gasteiger partial charge in [0.15, 0.2) is 12.1 Å². The summed E-state index contributed by atoms with van der Waals surface area (Å²) < 4.78 is 4.96. The Morgan fingerprint density at radius 1 is 1.44 bits per heavy atom. The number of ether oxygens (including phenoxy) is 1. The van der Waals surface area contributed by atoms with E-state index in [-0.39, 0.29) is 28.9 Å². The minimum Gasteiger partial charge on any atom is -0.507 e. The molecule has 0 fully saturated rings. The Morgan fingerprint density at radius 2 is 2.11 bits per heavy atom. The largest absolute Gasteiger partial charge is 0.507 e. The molecular weight excluding hydrogens is 240 g/mol. The molecule has 0 saturated heterocycles. The van der Waals surface area contributed by atoms with Crippen LogP contribution in [0.1, 0.15) is 21.5 Å². The van der Waals surface area contributed by atoms with E-state index < -0.39 is 24.7 Å². The highest BCUT2D eigenvalue weighted by atomic mass is 16.5. The Hall–Kier alpha value is -1.92. The van der Waals surface area contributed by atoms with Gasteiger partial charge in [-0.3, -0.25) is 9.59 Å². The number of aliphatic hydroxyl groups excluding tert-OH is 2. The van der Waals surface area contributed by atoms with Gasteiger partial charge in [-0.15, -0.1) is 0 Å². The van der Waals surface area contributed by atoms with Crippen molar-refractivity contribution in [3.05, 3.63) is 22.8 Å². The second kappa shape index (κ2) is 6.13. The average Bonchev–Trinajstić information content (AvgIpc) is 2.38. The third-order valence-electron chi connectivity index (χ3n) is 2.55. The van der Waals surface area contributed by atoms with E-state index in [1.165, 1.54) is 13.2 Å². The molecule has 0 aromatic heterocycles. The third-order valence-corrected chi connectivity index (χ3v) is 2.55. The van der Waals surface area contributed by atoms with Crippen LogP contribution in [-0.2, 0) is 17.8 Å². The van der Waals surface area contributed by atoms with E-state index in [1.54, 1.807) is 0 Å². The van der Waals surface area contributed by atoms with Crippen molar-refractivity contribution in [2.45, 2.75) is 13.0 Å². The first-order valence-electron chi connectivity index (χ1n) is 5.19. The van der Waals surface area contributed by atoms with Gasteiger partial charge in [-0.05, 0) is 11.6 Å². The molecule has 6 nitrogen and oxygen atoms in total. The molecule has 98 valence electrons. The molecule has 1 aromatic rings. The predicted octanol–water partition coefficient (Wildman–Crippen LogP) is -0.191. The van der Waals surface area contributed by atoms with E-state index in [9.17, 15) is 14.7 Å². The number of methoxy groups -OCH3 is 1. The Morgan fingerprint density at radius 3 is 2.56 bits per heavy atom. The van der Waals surface area contributed by atoms with E-state index in [0.717, 1.165) is 0 Å². The number of rotatable bonds is 6. The molecule has 18 heavy (non-hydrogen) atoms. The summed E-state index contributed by atoms with van der Waals surface area (Å²) in [6.07, 6.45) is 0.203. The summed E-state index contributed by atoms with van der Waals surface area (Å²) >= 11 is 0. The van der Waals surface area contributed by atoms with Crippen LogP contribution in [0.3, 0.4) is 0 Å². The zero-order chi connectivity index (χ0) is 13.7. The Bertz CT molecular complexity index is 466. The van der Waals surface area contributed by atoms with Crippen molar-refractivity contribution < 1.29 is 29.6 Å². The standard InChI is InChI=1S/C12H14O6/c1-18-11-3-7(2-8(16)4-13)9(5-14)12(17)10(11)6-15/h3,5,13,15,17H,2,4,6H2,1H3. The first kappa shape index (κ1) is 14.1. The number of carbonyl (C=O) groups is 2. The number of aromatic hydroxyl groups is 1. The van der Waals surface area contributed by atoms with Crippen LogP contribution in [0.25, 0.3) is 0 Å². The average molecular weight is 254 g/mol. The lowest BCUT2D eigenvalue weighted by molar-refractivity contribution is -0.121. The fourth-order valence-corrected chi connectivity index (χ4v) is 1.64. The van der Waals surface area contributed by atoms with Crippen molar-refractivity contribution in [2.75, 3.05) is 13.7 Å². The van der Waals surface area contributed by atoms with Crippen LogP contribution >= 0.6 is 0 Å². The third kappa shape index (κ3) is 2.66. The highest BCUT2D eigenvalue weighted by molar-refractivity contribution is 5.89. The molecule has 6 heteroatoms. The van der Waals surface area contributed by atoms with Gasteiger partial charge in [0, 0.05) is 6.42 Å². The van der Waals surface area contributed by atoms with Gasteiger partial charge in [0.1, 0.15) is 18.1 Å². The Kier molecular flexibility index (Phi) is 4.82. The van der Waals surface area contributed by atoms with Crippen LogP contribution in [0.2, 0.25) is 0 Å². The lowest BCUT2D eigenvalue weighted by atomic mass is 9.98. The van der Waals surface area contributed by atoms with Crippen molar-refractivity contribution in [2.24, 2.45) is 0 Å². The predicted molar refractivity (Wildman–Crippen MR) is 61.8 cm³/mol. The molecule has 0 unspecified atom stereocenters. The van der Waals surface area contributed by atoms with Gasteiger partial charge < -0.3 is 20.1 Å². The Labute approximate surface area is 103 Å². The Balaban J connectivity index is 3.37. The summed E-state index contributed by atoms with van der Waals surface area (Å²) in [5.74, 6) is -0.717. The molecule has 0 saturated carbocycles. The van der Waals surface area contributed by atoms with Crippen molar-refractivity contribution in [3.63, 3.8) is 0 Å². The summed E-state index contributed by atoms with van der Waals surface area (Å²) in [6.45, 7) is -1.15. The summed E-state index contributed by atoms with van der Waals surface area (Å²) in [5, 5.41) is 27.6. The molecule has 0 radical (unpaired) electrons. The first-order valence-corrected chi connectivity index (χ1v) is 5.19. The second-order valence-corrected chi connectivity index (χ2v) is 3.63. The van der Waals surface area contributed by atoms with E-state index in [0.29, 0.717) is 6.29 Å². The zero-order valence-corrected chi connectivity index (χ0v) is 9.84. The van der Waals surface area contributed by atoms with Gasteiger partial charge in [-0.2, -0.15) is 0 Å². The van der Waals surface area contributed by atoms with Gasteiger partial charge in [-0.1, -0.05) is 0 Å². The number of hydrogen-bond acceptors (Lipinski definition) is 6. The maximum atomic E-state index is 11.2. The van der Waals surface area contributed by atoms with Crippen molar-refractivity contribution in [3.8, 4) is 11.5 Å². The van der Waals surface area contributed by atoms with Gasteiger partial charge in [0.25, 0.3) is 0 Å². The molecule has 0 amide bonds. The van der Waals surface area contributed by atoms with E-state index in [4.69, 9.17) is 14.9 Å². The molecule has 0 spiro atoms. The number of benzene rings is 1. The molecule has 1 rings (SSSR count). The van der Waals surface area contributed by atoms with Crippen LogP contribution < -0.4 is 4.74 Å². The van der Waals surface area contributed by atoms with Crippen LogP contribution in [0.4, 0.5) is 0 Å². The van der Waals surface area contributed by atoms with E-state index >= 15 is 0 Å². The molecule has 0 bridgehead atoms. The topological polar surface area (TPSA) is 104 Å². The molecule has 0 aliphatic rings. The van der Waals surface area contributed by atoms with Crippen molar-refractivity contribution in [1.29, 1.82) is 0 Å². The molecule has 0 aliphatic heterocycles. The number of aliphatic hydroxyl groups is 2. The van der Waals surface area contributed by atoms with Gasteiger partial charge >= 0.3 is 0 Å². The number of hydrogen-bond donors (Lipinski definition) is 3. The maximum Gasteiger partial charge on any atom is 0.162 e. The normalized spacial score (nSPS) is 10.2.